The van der Waals surface area contributed by atoms with Crippen molar-refractivity contribution in [1.29, 1.82) is 0 Å². The van der Waals surface area contributed by atoms with Crippen LogP contribution in [0.25, 0.3) is 0 Å². The predicted molar refractivity (Wildman–Crippen MR) is 21.5 cm³/mol. The Morgan fingerprint density at radius 2 is 1.25 bits per heavy atom. The van der Waals surface area contributed by atoms with Gasteiger partial charge in [-0.2, -0.15) is 0 Å². The zero-order valence-corrected chi connectivity index (χ0v) is 6.54. The minimum Gasteiger partial charge on any atom is -0.550 e. The van der Waals surface area contributed by atoms with E-state index in [9.17, 15) is 0 Å². The van der Waals surface area contributed by atoms with Crippen LogP contribution in [0.5, 0.6) is 0 Å². The summed E-state index contributed by atoms with van der Waals surface area (Å²) in [4.78, 5) is 8.89. The average molecular weight is 305 g/mol. The molecule has 0 aromatic carbocycles. The van der Waals surface area contributed by atoms with Gasteiger partial charge < -0.3 is 26.3 Å². The van der Waals surface area contributed by atoms with Gasteiger partial charge in [-0.3, -0.25) is 0 Å². The Morgan fingerprint density at radius 1 is 1.25 bits per heavy atom. The maximum atomic E-state index is 8.89. The molecule has 0 heterocycles. The van der Waals surface area contributed by atoms with Crippen LogP contribution in [0.15, 0.2) is 0 Å². The molecule has 0 radical (unpaired) electrons. The summed E-state index contributed by atoms with van der Waals surface area (Å²) in [7, 11) is 0. The largest absolute Gasteiger partial charge is 3.00 e. The minimum absolute atomic E-state index is 0. The molecule has 0 rings (SSSR count). The number of carbonyl (C=O) groups is 1. The van der Waals surface area contributed by atoms with Crippen molar-refractivity contribution in [3.8, 4) is 0 Å². The number of carboxylic acid groups (broad SMARTS) is 1. The van der Waals surface area contributed by atoms with Crippen molar-refractivity contribution in [2.24, 2.45) is 0 Å². The third-order valence-corrected chi connectivity index (χ3v) is 0. The van der Waals surface area contributed by atoms with Crippen LogP contribution in [0.2, 0.25) is 0 Å². The van der Waals surface area contributed by atoms with Gasteiger partial charge in [0.2, 0.25) is 0 Å². The summed E-state index contributed by atoms with van der Waals surface area (Å²) < 4.78 is 0. The Hall–Kier alpha value is -0.000649. The Morgan fingerprint density at radius 3 is 1.25 bits per heavy atom. The molecule has 0 aliphatic carbocycles. The topological polar surface area (TPSA) is 135 Å². The van der Waals surface area contributed by atoms with Gasteiger partial charge in [-0.05, 0) is 6.92 Å². The molecule has 6 heteroatoms. The molecular weight excluding hydrogens is 296 g/mol. The van der Waals surface area contributed by atoms with Crippen LogP contribution >= 0.6 is 0 Å². The molecule has 54 valence electrons. The number of rotatable bonds is 0. The van der Waals surface area contributed by atoms with E-state index in [1.807, 2.05) is 0 Å². The Kier molecular flexibility index (Phi) is 152. The molecule has 0 amide bonds. The molecule has 0 spiro atoms. The smallest absolute Gasteiger partial charge is 0.550 e. The van der Waals surface area contributed by atoms with Gasteiger partial charge >= 0.3 is 20.1 Å². The molecule has 6 N–H and O–H groups in total. The van der Waals surface area contributed by atoms with E-state index >= 15 is 0 Å². The van der Waals surface area contributed by atoms with Crippen LogP contribution in [0, 0.1) is 0 Å². The molecule has 0 aliphatic heterocycles. The average Bonchev–Trinajstić information content (AvgIpc) is 0.811. The van der Waals surface area contributed by atoms with E-state index in [4.69, 9.17) is 9.90 Å². The fraction of sp³-hybridized carbons (Fsp3) is 0.500. The van der Waals surface area contributed by atoms with Crippen LogP contribution in [0.3, 0.4) is 0 Å². The molecule has 0 atom stereocenters. The molecule has 0 aromatic heterocycles. The van der Waals surface area contributed by atoms with Gasteiger partial charge in [0.05, 0.1) is 0 Å². The molecule has 5 nitrogen and oxygen atoms in total. The van der Waals surface area contributed by atoms with Crippen LogP contribution < -0.4 is 5.11 Å². The van der Waals surface area contributed by atoms with Gasteiger partial charge in [0.25, 0.3) is 0 Å². The van der Waals surface area contributed by atoms with Crippen molar-refractivity contribution in [3.63, 3.8) is 0 Å². The molecule has 0 fully saturated rings. The van der Waals surface area contributed by atoms with Crippen LogP contribution in [-0.2, 0) is 24.9 Å². The predicted octanol–water partition coefficient (Wildman–Crippen LogP) is -3.72. The van der Waals surface area contributed by atoms with Crippen LogP contribution in [0.1, 0.15) is 6.92 Å². The van der Waals surface area contributed by atoms with Crippen LogP contribution in [0.4, 0.5) is 0 Å². The van der Waals surface area contributed by atoms with Crippen molar-refractivity contribution >= 4 is 5.97 Å². The second-order valence-electron chi connectivity index (χ2n) is 0.492. The molecule has 0 aliphatic rings. The molecule has 0 saturated carbocycles. The van der Waals surface area contributed by atoms with Crippen molar-refractivity contribution in [2.45, 2.75) is 6.92 Å². The number of hydrogen-bond acceptors (Lipinski definition) is 2. The summed E-state index contributed by atoms with van der Waals surface area (Å²) in [6.07, 6.45) is 0. The third-order valence-electron chi connectivity index (χ3n) is 0. The molecule has 0 saturated heterocycles. The van der Waals surface area contributed by atoms with E-state index in [0.29, 0.717) is 0 Å². The molecule has 8 heavy (non-hydrogen) atoms. The van der Waals surface area contributed by atoms with E-state index in [1.54, 1.807) is 0 Å². The fourth-order valence-electron chi connectivity index (χ4n) is 0. The van der Waals surface area contributed by atoms with Gasteiger partial charge in [0.15, 0.2) is 0 Å². The number of aliphatic carboxylic acids is 1. The second-order valence-corrected chi connectivity index (χ2v) is 0.492. The van der Waals surface area contributed by atoms with Gasteiger partial charge in [0, 0.05) is 5.97 Å². The number of carbonyl (C=O) groups excluding carboxylic acids is 1. The summed E-state index contributed by atoms with van der Waals surface area (Å²) in [6, 6.07) is 0. The number of carboxylic acids is 1. The first kappa shape index (κ1) is 43.6. The first-order chi connectivity index (χ1) is 1.73. The molecule has 0 aromatic rings. The number of hydrogen-bond donors (Lipinski definition) is 0. The first-order valence-corrected chi connectivity index (χ1v) is 0.908. The standard InChI is InChI=1S/C2H4O2.Ir.3H2O/c1-2(3)4;;;;/h1H3,(H,3,4);;3*1H2/q;+3;;;/p-1. The second kappa shape index (κ2) is 28.0. The molecular formula is C2H9IrO5+2. The SMILES string of the molecule is CC(=O)[O-].O.O.O.[Ir+3]. The summed E-state index contributed by atoms with van der Waals surface area (Å²) in [6.45, 7) is 0.972. The minimum atomic E-state index is -1.08. The van der Waals surface area contributed by atoms with E-state index in [0.717, 1.165) is 6.92 Å². The van der Waals surface area contributed by atoms with E-state index in [-0.39, 0.29) is 36.5 Å². The van der Waals surface area contributed by atoms with Crippen molar-refractivity contribution in [1.82, 2.24) is 0 Å². The van der Waals surface area contributed by atoms with Gasteiger partial charge in [0.1, 0.15) is 0 Å². The summed E-state index contributed by atoms with van der Waals surface area (Å²) >= 11 is 0. The zero-order chi connectivity index (χ0) is 3.58. The Balaban J connectivity index is -0.00000000750. The van der Waals surface area contributed by atoms with Crippen LogP contribution in [-0.4, -0.2) is 22.4 Å². The van der Waals surface area contributed by atoms with Gasteiger partial charge in [-0.1, -0.05) is 0 Å². The normalized spacial score (nSPS) is 3.12. The molecule has 0 bridgehead atoms. The summed E-state index contributed by atoms with van der Waals surface area (Å²) in [5, 5.41) is 8.89. The van der Waals surface area contributed by atoms with Crippen molar-refractivity contribution in [2.75, 3.05) is 0 Å². The van der Waals surface area contributed by atoms with E-state index in [1.165, 1.54) is 0 Å². The molecule has 0 unspecified atom stereocenters. The summed E-state index contributed by atoms with van der Waals surface area (Å²) in [5.41, 5.74) is 0. The first-order valence-electron chi connectivity index (χ1n) is 0.908. The van der Waals surface area contributed by atoms with E-state index in [2.05, 4.69) is 0 Å². The Bertz CT molecular complexity index is 33.4. The maximum absolute atomic E-state index is 8.89. The van der Waals surface area contributed by atoms with Gasteiger partial charge in [-0.25, -0.2) is 0 Å². The van der Waals surface area contributed by atoms with Crippen molar-refractivity contribution < 1.29 is 46.4 Å². The third kappa shape index (κ3) is 356000000. The van der Waals surface area contributed by atoms with Crippen molar-refractivity contribution in [3.05, 3.63) is 0 Å². The quantitative estimate of drug-likeness (QED) is 0.455. The van der Waals surface area contributed by atoms with Gasteiger partial charge in [-0.15, -0.1) is 0 Å². The van der Waals surface area contributed by atoms with E-state index < -0.39 is 5.97 Å². The Labute approximate surface area is 60.0 Å². The fourth-order valence-corrected chi connectivity index (χ4v) is 0. The summed E-state index contributed by atoms with van der Waals surface area (Å²) in [5.74, 6) is -1.08. The maximum Gasteiger partial charge on any atom is 3.00 e. The monoisotopic (exact) mass is 306 g/mol. The zero-order valence-electron chi connectivity index (χ0n) is 4.15.